The minimum atomic E-state index is 0.0950. The molecule has 1 aliphatic heterocycles. The highest BCUT2D eigenvalue weighted by Crippen LogP contribution is 2.10. The summed E-state index contributed by atoms with van der Waals surface area (Å²) in [5.41, 5.74) is 0.740. The van der Waals surface area contributed by atoms with Crippen molar-refractivity contribution in [1.29, 1.82) is 0 Å². The molecule has 0 aliphatic carbocycles. The van der Waals surface area contributed by atoms with Crippen molar-refractivity contribution < 1.29 is 9.53 Å². The lowest BCUT2D eigenvalue weighted by Crippen LogP contribution is -2.45. The SMILES string of the molecule is CC1CN(C(=O)c2cccn2C)CCO1. The van der Waals surface area contributed by atoms with Gasteiger partial charge in [-0.2, -0.15) is 0 Å². The van der Waals surface area contributed by atoms with Crippen LogP contribution in [0.5, 0.6) is 0 Å². The molecular weight excluding hydrogens is 192 g/mol. The zero-order chi connectivity index (χ0) is 10.8. The quantitative estimate of drug-likeness (QED) is 0.686. The van der Waals surface area contributed by atoms with Gasteiger partial charge in [0, 0.05) is 26.3 Å². The van der Waals surface area contributed by atoms with E-state index in [2.05, 4.69) is 0 Å². The van der Waals surface area contributed by atoms with Gasteiger partial charge in [-0.05, 0) is 19.1 Å². The number of aryl methyl sites for hydroxylation is 1. The summed E-state index contributed by atoms with van der Waals surface area (Å²) in [4.78, 5) is 13.9. The summed E-state index contributed by atoms with van der Waals surface area (Å²) in [6.45, 7) is 4.00. The van der Waals surface area contributed by atoms with Crippen molar-refractivity contribution in [2.45, 2.75) is 13.0 Å². The van der Waals surface area contributed by atoms with Crippen molar-refractivity contribution in [3.63, 3.8) is 0 Å². The largest absolute Gasteiger partial charge is 0.375 e. The molecular formula is C11H16N2O2. The van der Waals surface area contributed by atoms with Crippen LogP contribution in [0.4, 0.5) is 0 Å². The first-order valence-electron chi connectivity index (χ1n) is 5.20. The fraction of sp³-hybridized carbons (Fsp3) is 0.545. The van der Waals surface area contributed by atoms with Gasteiger partial charge in [-0.25, -0.2) is 0 Å². The van der Waals surface area contributed by atoms with E-state index in [1.165, 1.54) is 0 Å². The second-order valence-corrected chi connectivity index (χ2v) is 3.94. The molecule has 1 amide bonds. The van der Waals surface area contributed by atoms with Gasteiger partial charge in [0.25, 0.3) is 5.91 Å². The maximum atomic E-state index is 12.1. The van der Waals surface area contributed by atoms with Gasteiger partial charge in [0.15, 0.2) is 0 Å². The van der Waals surface area contributed by atoms with Crippen LogP contribution >= 0.6 is 0 Å². The third kappa shape index (κ3) is 2.04. The number of morpholine rings is 1. The molecule has 1 atom stereocenters. The fourth-order valence-electron chi connectivity index (χ4n) is 1.85. The molecule has 4 heteroatoms. The lowest BCUT2D eigenvalue weighted by molar-refractivity contribution is -0.0127. The molecule has 2 heterocycles. The highest BCUT2D eigenvalue weighted by molar-refractivity contribution is 5.92. The van der Waals surface area contributed by atoms with Crippen LogP contribution in [0.3, 0.4) is 0 Å². The molecule has 0 aromatic carbocycles. The molecule has 0 spiro atoms. The maximum Gasteiger partial charge on any atom is 0.270 e. The summed E-state index contributed by atoms with van der Waals surface area (Å²) >= 11 is 0. The Kier molecular flexibility index (Phi) is 2.77. The van der Waals surface area contributed by atoms with Crippen LogP contribution in [0, 0.1) is 0 Å². The minimum Gasteiger partial charge on any atom is -0.375 e. The zero-order valence-electron chi connectivity index (χ0n) is 9.14. The first-order chi connectivity index (χ1) is 7.18. The number of hydrogen-bond donors (Lipinski definition) is 0. The predicted molar refractivity (Wildman–Crippen MR) is 56.7 cm³/mol. The van der Waals surface area contributed by atoms with E-state index in [1.54, 1.807) is 0 Å². The van der Waals surface area contributed by atoms with Crippen LogP contribution in [0.15, 0.2) is 18.3 Å². The summed E-state index contributed by atoms with van der Waals surface area (Å²) in [5, 5.41) is 0. The molecule has 4 nitrogen and oxygen atoms in total. The van der Waals surface area contributed by atoms with Gasteiger partial charge in [-0.3, -0.25) is 4.79 Å². The normalized spacial score (nSPS) is 21.7. The molecule has 82 valence electrons. The second kappa shape index (κ2) is 4.06. The number of carbonyl (C=O) groups excluding carboxylic acids is 1. The Morgan fingerprint density at radius 1 is 1.60 bits per heavy atom. The highest BCUT2D eigenvalue weighted by Gasteiger charge is 2.23. The average molecular weight is 208 g/mol. The fourth-order valence-corrected chi connectivity index (χ4v) is 1.85. The van der Waals surface area contributed by atoms with Crippen molar-refractivity contribution in [3.05, 3.63) is 24.0 Å². The van der Waals surface area contributed by atoms with Crippen LogP contribution in [0.2, 0.25) is 0 Å². The van der Waals surface area contributed by atoms with E-state index >= 15 is 0 Å². The average Bonchev–Trinajstić information content (AvgIpc) is 2.63. The Labute approximate surface area is 89.4 Å². The zero-order valence-corrected chi connectivity index (χ0v) is 9.14. The van der Waals surface area contributed by atoms with Gasteiger partial charge in [-0.15, -0.1) is 0 Å². The number of nitrogens with zero attached hydrogens (tertiary/aromatic N) is 2. The summed E-state index contributed by atoms with van der Waals surface area (Å²) in [6.07, 6.45) is 2.03. The summed E-state index contributed by atoms with van der Waals surface area (Å²) in [6, 6.07) is 3.74. The Balaban J connectivity index is 2.11. The van der Waals surface area contributed by atoms with Gasteiger partial charge < -0.3 is 14.2 Å². The van der Waals surface area contributed by atoms with Crippen molar-refractivity contribution in [2.75, 3.05) is 19.7 Å². The Bertz CT molecular complexity index is 359. The van der Waals surface area contributed by atoms with Crippen LogP contribution in [-0.4, -0.2) is 41.2 Å². The molecule has 0 radical (unpaired) electrons. The molecule has 1 aromatic rings. The van der Waals surface area contributed by atoms with Gasteiger partial charge in [0.2, 0.25) is 0 Å². The third-order valence-corrected chi connectivity index (χ3v) is 2.69. The molecule has 2 rings (SSSR count). The van der Waals surface area contributed by atoms with Gasteiger partial charge in [0.05, 0.1) is 12.7 Å². The Morgan fingerprint density at radius 3 is 3.00 bits per heavy atom. The highest BCUT2D eigenvalue weighted by atomic mass is 16.5. The number of ether oxygens (including phenoxy) is 1. The molecule has 15 heavy (non-hydrogen) atoms. The number of aromatic nitrogens is 1. The monoisotopic (exact) mass is 208 g/mol. The minimum absolute atomic E-state index is 0.0950. The van der Waals surface area contributed by atoms with E-state index in [1.807, 2.05) is 41.8 Å². The van der Waals surface area contributed by atoms with Crippen LogP contribution in [0.1, 0.15) is 17.4 Å². The van der Waals surface area contributed by atoms with Gasteiger partial charge in [-0.1, -0.05) is 0 Å². The molecule has 1 fully saturated rings. The van der Waals surface area contributed by atoms with Crippen LogP contribution in [0.25, 0.3) is 0 Å². The summed E-state index contributed by atoms with van der Waals surface area (Å²) in [7, 11) is 1.89. The van der Waals surface area contributed by atoms with Crippen LogP contribution in [-0.2, 0) is 11.8 Å². The van der Waals surface area contributed by atoms with Gasteiger partial charge >= 0.3 is 0 Å². The van der Waals surface area contributed by atoms with Gasteiger partial charge in [0.1, 0.15) is 5.69 Å². The van der Waals surface area contributed by atoms with Crippen LogP contribution < -0.4 is 0 Å². The summed E-state index contributed by atoms with van der Waals surface area (Å²) < 4.78 is 7.25. The van der Waals surface area contributed by atoms with E-state index in [9.17, 15) is 4.79 Å². The third-order valence-electron chi connectivity index (χ3n) is 2.69. The first-order valence-corrected chi connectivity index (χ1v) is 5.20. The predicted octanol–water partition coefficient (Wildman–Crippen LogP) is 0.886. The number of carbonyl (C=O) groups is 1. The summed E-state index contributed by atoms with van der Waals surface area (Å²) in [5.74, 6) is 0.0950. The number of amides is 1. The van der Waals surface area contributed by atoms with Crippen molar-refractivity contribution >= 4 is 5.91 Å². The standard InChI is InChI=1S/C11H16N2O2/c1-9-8-13(6-7-15-9)11(14)10-4-3-5-12(10)2/h3-5,9H,6-8H2,1-2H3. The van der Waals surface area contributed by atoms with E-state index in [4.69, 9.17) is 4.74 Å². The Hall–Kier alpha value is -1.29. The smallest absolute Gasteiger partial charge is 0.270 e. The lowest BCUT2D eigenvalue weighted by Gasteiger charge is -2.31. The maximum absolute atomic E-state index is 12.1. The van der Waals surface area contributed by atoms with E-state index < -0.39 is 0 Å². The van der Waals surface area contributed by atoms with E-state index in [0.29, 0.717) is 19.7 Å². The molecule has 0 saturated carbocycles. The molecule has 0 bridgehead atoms. The van der Waals surface area contributed by atoms with E-state index in [0.717, 1.165) is 5.69 Å². The Morgan fingerprint density at radius 2 is 2.40 bits per heavy atom. The second-order valence-electron chi connectivity index (χ2n) is 3.94. The van der Waals surface area contributed by atoms with Crippen molar-refractivity contribution in [2.24, 2.45) is 7.05 Å². The van der Waals surface area contributed by atoms with E-state index in [-0.39, 0.29) is 12.0 Å². The molecule has 1 saturated heterocycles. The van der Waals surface area contributed by atoms with Crippen molar-refractivity contribution in [1.82, 2.24) is 9.47 Å². The number of rotatable bonds is 1. The number of hydrogen-bond acceptors (Lipinski definition) is 2. The van der Waals surface area contributed by atoms with Crippen molar-refractivity contribution in [3.8, 4) is 0 Å². The topological polar surface area (TPSA) is 34.5 Å². The molecule has 1 aliphatic rings. The molecule has 1 unspecified atom stereocenters. The molecule has 1 aromatic heterocycles. The molecule has 0 N–H and O–H groups in total. The first kappa shape index (κ1) is 10.2. The lowest BCUT2D eigenvalue weighted by atomic mass is 10.2.